The number of aromatic amines is 1. The van der Waals surface area contributed by atoms with Crippen molar-refractivity contribution in [1.29, 1.82) is 0 Å². The van der Waals surface area contributed by atoms with E-state index >= 15 is 0 Å². The Morgan fingerprint density at radius 3 is 2.72 bits per heavy atom. The summed E-state index contributed by atoms with van der Waals surface area (Å²) in [5.74, 6) is 0.815. The van der Waals surface area contributed by atoms with E-state index in [1.54, 1.807) is 12.3 Å². The van der Waals surface area contributed by atoms with Crippen LogP contribution in [-0.2, 0) is 0 Å². The predicted octanol–water partition coefficient (Wildman–Crippen LogP) is 4.54. The number of anilines is 1. The summed E-state index contributed by atoms with van der Waals surface area (Å²) < 4.78 is 6.62. The molecule has 128 valence electrons. The summed E-state index contributed by atoms with van der Waals surface area (Å²) in [5, 5.41) is 9.71. The van der Waals surface area contributed by atoms with Gasteiger partial charge in [0.2, 0.25) is 5.88 Å². The fourth-order valence-corrected chi connectivity index (χ4v) is 2.57. The average molecular weight is 401 g/mol. The lowest BCUT2D eigenvalue weighted by atomic mass is 10.2. The van der Waals surface area contributed by atoms with E-state index in [1.807, 2.05) is 45.0 Å². The molecule has 1 amide bonds. The minimum Gasteiger partial charge on any atom is -0.438 e. The fourth-order valence-electron chi connectivity index (χ4n) is 2.23. The van der Waals surface area contributed by atoms with Crippen molar-refractivity contribution >= 4 is 27.5 Å². The monoisotopic (exact) mass is 400 g/mol. The van der Waals surface area contributed by atoms with Gasteiger partial charge in [0.15, 0.2) is 5.69 Å². The van der Waals surface area contributed by atoms with E-state index in [2.05, 4.69) is 36.4 Å². The lowest BCUT2D eigenvalue weighted by Gasteiger charge is -2.11. The molecule has 3 rings (SSSR count). The first-order chi connectivity index (χ1) is 12.0. The summed E-state index contributed by atoms with van der Waals surface area (Å²) >= 11 is 3.41. The zero-order valence-electron chi connectivity index (χ0n) is 14.1. The maximum atomic E-state index is 12.4. The summed E-state index contributed by atoms with van der Waals surface area (Å²) in [6.07, 6.45) is 1.66. The average Bonchev–Trinajstić information content (AvgIpc) is 2.92. The highest BCUT2D eigenvalue weighted by Crippen LogP contribution is 2.31. The quantitative estimate of drug-likeness (QED) is 0.673. The van der Waals surface area contributed by atoms with Crippen molar-refractivity contribution < 1.29 is 9.53 Å². The fraction of sp³-hybridized carbons (Fsp3) is 0.167. The highest BCUT2D eigenvalue weighted by molar-refractivity contribution is 9.10. The molecule has 0 aliphatic rings. The molecule has 0 aliphatic heterocycles. The second-order valence-electron chi connectivity index (χ2n) is 5.65. The number of ether oxygens (including phenoxy) is 1. The smallest absolute Gasteiger partial charge is 0.276 e. The van der Waals surface area contributed by atoms with Gasteiger partial charge in [-0.1, -0.05) is 6.07 Å². The molecule has 25 heavy (non-hydrogen) atoms. The Morgan fingerprint density at radius 1 is 1.24 bits per heavy atom. The van der Waals surface area contributed by atoms with E-state index in [-0.39, 0.29) is 5.91 Å². The van der Waals surface area contributed by atoms with Gasteiger partial charge < -0.3 is 10.1 Å². The number of rotatable bonds is 4. The molecule has 2 aromatic heterocycles. The van der Waals surface area contributed by atoms with Gasteiger partial charge in [0, 0.05) is 29.2 Å². The first kappa shape index (κ1) is 17.2. The number of nitrogens with zero attached hydrogens (tertiary/aromatic N) is 2. The van der Waals surface area contributed by atoms with Gasteiger partial charge in [0.25, 0.3) is 5.91 Å². The van der Waals surface area contributed by atoms with Crippen LogP contribution in [-0.4, -0.2) is 21.1 Å². The first-order valence-corrected chi connectivity index (χ1v) is 8.47. The molecular formula is C18H17BrN4O2. The van der Waals surface area contributed by atoms with Gasteiger partial charge in [-0.25, -0.2) is 4.98 Å². The lowest BCUT2D eigenvalue weighted by Crippen LogP contribution is -2.13. The van der Waals surface area contributed by atoms with Crippen molar-refractivity contribution in [2.24, 2.45) is 0 Å². The van der Waals surface area contributed by atoms with Crippen LogP contribution in [0.15, 0.2) is 41.0 Å². The summed E-state index contributed by atoms with van der Waals surface area (Å²) in [4.78, 5) is 16.6. The third-order valence-electron chi connectivity index (χ3n) is 3.85. The van der Waals surface area contributed by atoms with Crippen LogP contribution in [0.5, 0.6) is 11.6 Å². The number of aromatic nitrogens is 3. The van der Waals surface area contributed by atoms with Crippen molar-refractivity contribution in [2.45, 2.75) is 20.8 Å². The molecule has 0 aliphatic carbocycles. The van der Waals surface area contributed by atoms with Crippen LogP contribution in [0.1, 0.15) is 27.3 Å². The molecule has 0 bridgehead atoms. The summed E-state index contributed by atoms with van der Waals surface area (Å²) in [5.41, 5.74) is 3.64. The summed E-state index contributed by atoms with van der Waals surface area (Å²) in [6.45, 7) is 5.66. The minimum atomic E-state index is -0.268. The number of H-pyrrole nitrogens is 1. The molecule has 1 aromatic carbocycles. The Hall–Kier alpha value is -2.67. The molecular weight excluding hydrogens is 384 g/mol. The van der Waals surface area contributed by atoms with E-state index < -0.39 is 0 Å². The number of pyridine rings is 1. The molecule has 6 nitrogen and oxygen atoms in total. The molecule has 7 heteroatoms. The maximum absolute atomic E-state index is 12.4. The number of hydrogen-bond donors (Lipinski definition) is 2. The number of carbonyl (C=O) groups is 1. The van der Waals surface area contributed by atoms with Gasteiger partial charge in [-0.2, -0.15) is 5.10 Å². The van der Waals surface area contributed by atoms with E-state index in [4.69, 9.17) is 4.74 Å². The molecule has 2 heterocycles. The maximum Gasteiger partial charge on any atom is 0.276 e. The third-order valence-corrected chi connectivity index (χ3v) is 4.45. The predicted molar refractivity (Wildman–Crippen MR) is 99.2 cm³/mol. The van der Waals surface area contributed by atoms with Gasteiger partial charge in [0.05, 0.1) is 4.47 Å². The number of amides is 1. The van der Waals surface area contributed by atoms with Crippen molar-refractivity contribution in [3.8, 4) is 11.6 Å². The van der Waals surface area contributed by atoms with E-state index in [0.29, 0.717) is 23.0 Å². The van der Waals surface area contributed by atoms with Crippen LogP contribution in [0.25, 0.3) is 0 Å². The van der Waals surface area contributed by atoms with Crippen LogP contribution in [0.4, 0.5) is 5.69 Å². The SMILES string of the molecule is Cc1ccc(NC(=O)c2n[nH]c(C)c2C)cc1Oc1ncccc1Br. The summed E-state index contributed by atoms with van der Waals surface area (Å²) in [7, 11) is 0. The topological polar surface area (TPSA) is 79.9 Å². The molecule has 3 aromatic rings. The lowest BCUT2D eigenvalue weighted by molar-refractivity contribution is 0.102. The zero-order chi connectivity index (χ0) is 18.0. The summed E-state index contributed by atoms with van der Waals surface area (Å²) in [6, 6.07) is 9.14. The van der Waals surface area contributed by atoms with Gasteiger partial charge in [0.1, 0.15) is 5.75 Å². The number of aryl methyl sites for hydroxylation is 2. The normalized spacial score (nSPS) is 10.6. The number of nitrogens with one attached hydrogen (secondary N) is 2. The Labute approximate surface area is 153 Å². The molecule has 0 saturated heterocycles. The second-order valence-corrected chi connectivity index (χ2v) is 6.50. The van der Waals surface area contributed by atoms with Crippen LogP contribution in [0, 0.1) is 20.8 Å². The molecule has 0 fully saturated rings. The molecule has 2 N–H and O–H groups in total. The third kappa shape index (κ3) is 3.71. The second kappa shape index (κ2) is 7.06. The van der Waals surface area contributed by atoms with Crippen LogP contribution in [0.2, 0.25) is 0 Å². The standard InChI is InChI=1S/C18H17BrN4O2/c1-10-6-7-13(21-17(24)16-11(2)12(3)22-23-16)9-15(10)25-18-14(19)5-4-8-20-18/h4-9H,1-3H3,(H,21,24)(H,22,23). The van der Waals surface area contributed by atoms with E-state index in [0.717, 1.165) is 21.3 Å². The van der Waals surface area contributed by atoms with Gasteiger partial charge >= 0.3 is 0 Å². The van der Waals surface area contributed by atoms with Crippen molar-refractivity contribution in [3.63, 3.8) is 0 Å². The van der Waals surface area contributed by atoms with Gasteiger partial charge in [-0.3, -0.25) is 9.89 Å². The Bertz CT molecular complexity index is 937. The molecule has 0 atom stereocenters. The zero-order valence-corrected chi connectivity index (χ0v) is 15.6. The molecule has 0 spiro atoms. The van der Waals surface area contributed by atoms with E-state index in [1.165, 1.54) is 0 Å². The number of hydrogen-bond acceptors (Lipinski definition) is 4. The molecule has 0 saturated carbocycles. The number of halogens is 1. The van der Waals surface area contributed by atoms with Gasteiger partial charge in [-0.15, -0.1) is 0 Å². The van der Waals surface area contributed by atoms with Crippen LogP contribution < -0.4 is 10.1 Å². The van der Waals surface area contributed by atoms with Crippen LogP contribution in [0.3, 0.4) is 0 Å². The highest BCUT2D eigenvalue weighted by Gasteiger charge is 2.15. The van der Waals surface area contributed by atoms with Crippen molar-refractivity contribution in [3.05, 3.63) is 63.5 Å². The molecule has 0 radical (unpaired) electrons. The Balaban J connectivity index is 1.83. The minimum absolute atomic E-state index is 0.268. The number of carbonyl (C=O) groups excluding carboxylic acids is 1. The van der Waals surface area contributed by atoms with Gasteiger partial charge in [-0.05, 0) is 60.5 Å². The highest BCUT2D eigenvalue weighted by atomic mass is 79.9. The van der Waals surface area contributed by atoms with E-state index in [9.17, 15) is 4.79 Å². The Kier molecular flexibility index (Phi) is 4.85. The largest absolute Gasteiger partial charge is 0.438 e. The number of benzene rings is 1. The van der Waals surface area contributed by atoms with Crippen LogP contribution >= 0.6 is 15.9 Å². The molecule has 0 unspecified atom stereocenters. The van der Waals surface area contributed by atoms with Crippen molar-refractivity contribution in [2.75, 3.05) is 5.32 Å². The first-order valence-electron chi connectivity index (χ1n) is 7.67. The Morgan fingerprint density at radius 2 is 2.04 bits per heavy atom. The van der Waals surface area contributed by atoms with Crippen molar-refractivity contribution in [1.82, 2.24) is 15.2 Å².